The number of nitrogens with one attached hydrogen (secondary N) is 1. The molecular weight excluding hydrogens is 400 g/mol. The van der Waals surface area contributed by atoms with Crippen LogP contribution < -0.4 is 10.1 Å². The van der Waals surface area contributed by atoms with Gasteiger partial charge in [0.15, 0.2) is 0 Å². The van der Waals surface area contributed by atoms with Gasteiger partial charge in [0.25, 0.3) is 5.91 Å². The number of carbonyl (C=O) groups is 1. The van der Waals surface area contributed by atoms with Crippen LogP contribution in [0.2, 0.25) is 0 Å². The van der Waals surface area contributed by atoms with Gasteiger partial charge in [-0.25, -0.2) is 4.98 Å². The SMILES string of the molecule is O=C(NCc1cc(Br)cc2c1OCC2)c1ccnc(Br)c1. The van der Waals surface area contributed by atoms with E-state index in [1.54, 1.807) is 18.3 Å². The third-order valence-corrected chi connectivity index (χ3v) is 4.14. The average Bonchev–Trinajstić information content (AvgIpc) is 2.92. The van der Waals surface area contributed by atoms with E-state index < -0.39 is 0 Å². The Balaban J connectivity index is 1.75. The van der Waals surface area contributed by atoms with Crippen molar-refractivity contribution in [3.63, 3.8) is 0 Å². The lowest BCUT2D eigenvalue weighted by Gasteiger charge is -2.10. The maximum Gasteiger partial charge on any atom is 0.251 e. The fraction of sp³-hybridized carbons (Fsp3) is 0.200. The first-order valence-electron chi connectivity index (χ1n) is 6.47. The number of hydrogen-bond donors (Lipinski definition) is 1. The highest BCUT2D eigenvalue weighted by Gasteiger charge is 2.18. The number of aromatic nitrogens is 1. The zero-order valence-electron chi connectivity index (χ0n) is 11.0. The molecular formula is C15H12Br2N2O2. The molecule has 4 nitrogen and oxygen atoms in total. The molecule has 1 aliphatic heterocycles. The maximum atomic E-state index is 12.1. The van der Waals surface area contributed by atoms with E-state index in [-0.39, 0.29) is 5.91 Å². The minimum Gasteiger partial charge on any atom is -0.493 e. The normalized spacial score (nSPS) is 12.7. The number of hydrogen-bond acceptors (Lipinski definition) is 3. The first-order chi connectivity index (χ1) is 10.1. The van der Waals surface area contributed by atoms with Crippen molar-refractivity contribution in [2.45, 2.75) is 13.0 Å². The van der Waals surface area contributed by atoms with Crippen LogP contribution in [0.3, 0.4) is 0 Å². The van der Waals surface area contributed by atoms with Crippen LogP contribution in [-0.4, -0.2) is 17.5 Å². The third kappa shape index (κ3) is 3.27. The largest absolute Gasteiger partial charge is 0.493 e. The number of fused-ring (bicyclic) bond motifs is 1. The third-order valence-electron chi connectivity index (χ3n) is 3.25. The Bertz CT molecular complexity index is 704. The summed E-state index contributed by atoms with van der Waals surface area (Å²) in [6, 6.07) is 7.42. The highest BCUT2D eigenvalue weighted by Crippen LogP contribution is 2.32. The number of ether oxygens (including phenoxy) is 1. The Morgan fingerprint density at radius 3 is 3.00 bits per heavy atom. The molecule has 0 spiro atoms. The smallest absolute Gasteiger partial charge is 0.251 e. The van der Waals surface area contributed by atoms with Crippen LogP contribution in [0.5, 0.6) is 5.75 Å². The second-order valence-electron chi connectivity index (χ2n) is 4.70. The minimum atomic E-state index is -0.134. The molecule has 0 aliphatic carbocycles. The van der Waals surface area contributed by atoms with Gasteiger partial charge in [-0.1, -0.05) is 15.9 Å². The molecule has 2 aromatic rings. The number of pyridine rings is 1. The van der Waals surface area contributed by atoms with Crippen LogP contribution in [0.4, 0.5) is 0 Å². The molecule has 1 aromatic heterocycles. The summed E-state index contributed by atoms with van der Waals surface area (Å²) in [5, 5.41) is 2.91. The van der Waals surface area contributed by atoms with Gasteiger partial charge in [0.2, 0.25) is 0 Å². The fourth-order valence-corrected chi connectivity index (χ4v) is 3.22. The van der Waals surface area contributed by atoms with Crippen molar-refractivity contribution in [2.24, 2.45) is 0 Å². The number of nitrogens with zero attached hydrogens (tertiary/aromatic N) is 1. The van der Waals surface area contributed by atoms with Gasteiger partial charge in [-0.15, -0.1) is 0 Å². The van der Waals surface area contributed by atoms with Gasteiger partial charge in [0.05, 0.1) is 6.61 Å². The zero-order valence-corrected chi connectivity index (χ0v) is 14.2. The van der Waals surface area contributed by atoms with Crippen LogP contribution in [0.15, 0.2) is 39.5 Å². The average molecular weight is 412 g/mol. The molecule has 3 rings (SSSR count). The molecule has 1 aliphatic rings. The van der Waals surface area contributed by atoms with Gasteiger partial charge >= 0.3 is 0 Å². The number of carbonyl (C=O) groups excluding carboxylic acids is 1. The van der Waals surface area contributed by atoms with E-state index in [2.05, 4.69) is 48.2 Å². The number of halogens is 2. The summed E-state index contributed by atoms with van der Waals surface area (Å²) in [5.41, 5.74) is 2.74. The van der Waals surface area contributed by atoms with E-state index in [9.17, 15) is 4.79 Å². The molecule has 0 radical (unpaired) electrons. The highest BCUT2D eigenvalue weighted by atomic mass is 79.9. The van der Waals surface area contributed by atoms with E-state index in [1.807, 2.05) is 6.07 Å². The predicted octanol–water partition coefficient (Wildman–Crippen LogP) is 3.47. The first kappa shape index (κ1) is 14.5. The van der Waals surface area contributed by atoms with E-state index in [1.165, 1.54) is 5.56 Å². The van der Waals surface area contributed by atoms with Gasteiger partial charge in [0.1, 0.15) is 10.4 Å². The summed E-state index contributed by atoms with van der Waals surface area (Å²) in [4.78, 5) is 16.2. The van der Waals surface area contributed by atoms with E-state index in [0.29, 0.717) is 23.3 Å². The van der Waals surface area contributed by atoms with E-state index in [0.717, 1.165) is 22.2 Å². The molecule has 1 aromatic carbocycles. The Kier molecular flexibility index (Phi) is 4.26. The molecule has 6 heteroatoms. The van der Waals surface area contributed by atoms with Gasteiger partial charge in [-0.2, -0.15) is 0 Å². The summed E-state index contributed by atoms with van der Waals surface area (Å²) in [6.07, 6.45) is 2.51. The summed E-state index contributed by atoms with van der Waals surface area (Å²) in [5.74, 6) is 0.763. The molecule has 0 saturated heterocycles. The summed E-state index contributed by atoms with van der Waals surface area (Å²) >= 11 is 6.75. The standard InChI is InChI=1S/C15H12Br2N2O2/c16-12-5-9-2-4-21-14(9)11(6-12)8-19-15(20)10-1-3-18-13(17)7-10/h1,3,5-7H,2,4,8H2,(H,19,20). The number of amides is 1. The Labute approximate surface area is 139 Å². The van der Waals surface area contributed by atoms with Crippen molar-refractivity contribution in [2.75, 3.05) is 6.61 Å². The van der Waals surface area contributed by atoms with Crippen LogP contribution in [0.25, 0.3) is 0 Å². The van der Waals surface area contributed by atoms with Crippen molar-refractivity contribution in [3.05, 3.63) is 56.2 Å². The van der Waals surface area contributed by atoms with Crippen LogP contribution in [-0.2, 0) is 13.0 Å². The van der Waals surface area contributed by atoms with Crippen molar-refractivity contribution in [1.29, 1.82) is 0 Å². The summed E-state index contributed by atoms with van der Waals surface area (Å²) in [7, 11) is 0. The lowest BCUT2D eigenvalue weighted by molar-refractivity contribution is 0.0950. The molecule has 0 saturated carbocycles. The molecule has 2 heterocycles. The lowest BCUT2D eigenvalue weighted by atomic mass is 10.1. The van der Waals surface area contributed by atoms with Crippen LogP contribution in [0.1, 0.15) is 21.5 Å². The Morgan fingerprint density at radius 1 is 1.33 bits per heavy atom. The molecule has 1 N–H and O–H groups in total. The topological polar surface area (TPSA) is 51.2 Å². The Hall–Kier alpha value is -1.40. The fourth-order valence-electron chi connectivity index (χ4n) is 2.30. The van der Waals surface area contributed by atoms with E-state index >= 15 is 0 Å². The molecule has 1 amide bonds. The van der Waals surface area contributed by atoms with Crippen molar-refractivity contribution < 1.29 is 9.53 Å². The van der Waals surface area contributed by atoms with Gasteiger partial charge in [-0.3, -0.25) is 4.79 Å². The molecule has 0 unspecified atom stereocenters. The van der Waals surface area contributed by atoms with Gasteiger partial charge < -0.3 is 10.1 Å². The second-order valence-corrected chi connectivity index (χ2v) is 6.43. The molecule has 108 valence electrons. The number of benzene rings is 1. The molecule has 21 heavy (non-hydrogen) atoms. The second kappa shape index (κ2) is 6.15. The number of rotatable bonds is 3. The molecule has 0 atom stereocenters. The summed E-state index contributed by atoms with van der Waals surface area (Å²) in [6.45, 7) is 1.13. The van der Waals surface area contributed by atoms with Crippen LogP contribution >= 0.6 is 31.9 Å². The predicted molar refractivity (Wildman–Crippen MR) is 86.4 cm³/mol. The van der Waals surface area contributed by atoms with Crippen molar-refractivity contribution >= 4 is 37.8 Å². The Morgan fingerprint density at radius 2 is 2.19 bits per heavy atom. The van der Waals surface area contributed by atoms with Crippen molar-refractivity contribution in [1.82, 2.24) is 10.3 Å². The quantitative estimate of drug-likeness (QED) is 0.786. The minimum absolute atomic E-state index is 0.134. The molecule has 0 fully saturated rings. The first-order valence-corrected chi connectivity index (χ1v) is 8.06. The molecule has 0 bridgehead atoms. The van der Waals surface area contributed by atoms with Crippen LogP contribution in [0, 0.1) is 0 Å². The maximum absolute atomic E-state index is 12.1. The summed E-state index contributed by atoms with van der Waals surface area (Å²) < 4.78 is 7.30. The van der Waals surface area contributed by atoms with Gasteiger partial charge in [-0.05, 0) is 45.8 Å². The zero-order chi connectivity index (χ0) is 14.8. The van der Waals surface area contributed by atoms with Gasteiger partial charge in [0, 0.05) is 34.8 Å². The highest BCUT2D eigenvalue weighted by molar-refractivity contribution is 9.10. The van der Waals surface area contributed by atoms with Crippen molar-refractivity contribution in [3.8, 4) is 5.75 Å². The lowest BCUT2D eigenvalue weighted by Crippen LogP contribution is -2.23. The monoisotopic (exact) mass is 410 g/mol. The van der Waals surface area contributed by atoms with E-state index in [4.69, 9.17) is 4.74 Å².